The van der Waals surface area contributed by atoms with E-state index in [1.54, 1.807) is 0 Å². The van der Waals surface area contributed by atoms with Crippen LogP contribution >= 0.6 is 0 Å². The number of hydrogen-bond acceptors (Lipinski definition) is 2. The van der Waals surface area contributed by atoms with Crippen molar-refractivity contribution in [1.82, 2.24) is 5.32 Å². The Kier molecular flexibility index (Phi) is 2.68. The van der Waals surface area contributed by atoms with Gasteiger partial charge >= 0.3 is 0 Å². The predicted octanol–water partition coefficient (Wildman–Crippen LogP) is 0.00390. The van der Waals surface area contributed by atoms with Crippen LogP contribution < -0.4 is 11.1 Å². The zero-order chi connectivity index (χ0) is 7.40. The summed E-state index contributed by atoms with van der Waals surface area (Å²) in [5.41, 5.74) is 4.96. The number of carbonyl (C=O) groups excluding carboxylic acids is 1. The molecule has 0 aliphatic heterocycles. The summed E-state index contributed by atoms with van der Waals surface area (Å²) in [7, 11) is 0. The van der Waals surface area contributed by atoms with Gasteiger partial charge in [0, 0.05) is 12.5 Å². The summed E-state index contributed by atoms with van der Waals surface area (Å²) in [5, 5.41) is 3.30. The Morgan fingerprint density at radius 2 is 2.30 bits per heavy atom. The van der Waals surface area contributed by atoms with Gasteiger partial charge in [0.15, 0.2) is 0 Å². The quantitative estimate of drug-likeness (QED) is 0.531. The highest BCUT2D eigenvalue weighted by atomic mass is 16.1. The monoisotopic (exact) mass is 142 g/mol. The maximum Gasteiger partial charge on any atom is 0.217 e. The fraction of sp³-hybridized carbons (Fsp3) is 0.857. The van der Waals surface area contributed by atoms with Gasteiger partial charge in [0.1, 0.15) is 0 Å². The first-order valence-electron chi connectivity index (χ1n) is 3.81. The SMILES string of the molecule is NC(=O)CCCNC1CC1. The van der Waals surface area contributed by atoms with Crippen LogP contribution in [0.2, 0.25) is 0 Å². The summed E-state index contributed by atoms with van der Waals surface area (Å²) in [6.07, 6.45) is 4.00. The topological polar surface area (TPSA) is 55.1 Å². The van der Waals surface area contributed by atoms with Gasteiger partial charge in [-0.15, -0.1) is 0 Å². The second kappa shape index (κ2) is 3.56. The molecule has 3 heteroatoms. The molecule has 10 heavy (non-hydrogen) atoms. The lowest BCUT2D eigenvalue weighted by Gasteiger charge is -1.98. The molecule has 0 atom stereocenters. The van der Waals surface area contributed by atoms with E-state index in [1.165, 1.54) is 12.8 Å². The average molecular weight is 142 g/mol. The number of primary amides is 1. The van der Waals surface area contributed by atoms with Crippen molar-refractivity contribution in [2.45, 2.75) is 31.7 Å². The van der Waals surface area contributed by atoms with Gasteiger partial charge in [-0.2, -0.15) is 0 Å². The van der Waals surface area contributed by atoms with Crippen molar-refractivity contribution in [2.24, 2.45) is 5.73 Å². The standard InChI is InChI=1S/C7H14N2O/c8-7(10)2-1-5-9-6-3-4-6/h6,9H,1-5H2,(H2,8,10). The van der Waals surface area contributed by atoms with Crippen LogP contribution in [0.1, 0.15) is 25.7 Å². The minimum absolute atomic E-state index is 0.197. The predicted molar refractivity (Wildman–Crippen MR) is 39.5 cm³/mol. The molecule has 0 aromatic rings. The van der Waals surface area contributed by atoms with E-state index in [9.17, 15) is 4.79 Å². The highest BCUT2D eigenvalue weighted by molar-refractivity contribution is 5.73. The molecule has 0 aromatic heterocycles. The molecule has 0 unspecified atom stereocenters. The number of nitrogens with one attached hydrogen (secondary N) is 1. The van der Waals surface area contributed by atoms with Crippen LogP contribution in [0.3, 0.4) is 0 Å². The van der Waals surface area contributed by atoms with Gasteiger partial charge in [0.25, 0.3) is 0 Å². The van der Waals surface area contributed by atoms with Crippen molar-refractivity contribution in [2.75, 3.05) is 6.54 Å². The lowest BCUT2D eigenvalue weighted by molar-refractivity contribution is -0.118. The van der Waals surface area contributed by atoms with Crippen LogP contribution in [0.4, 0.5) is 0 Å². The first kappa shape index (κ1) is 7.54. The molecule has 0 saturated heterocycles. The van der Waals surface area contributed by atoms with Gasteiger partial charge in [-0.25, -0.2) is 0 Å². The van der Waals surface area contributed by atoms with Crippen LogP contribution in [0.15, 0.2) is 0 Å². The van der Waals surface area contributed by atoms with Crippen molar-refractivity contribution in [3.63, 3.8) is 0 Å². The Balaban J connectivity index is 1.80. The molecule has 1 rings (SSSR count). The third-order valence-corrected chi connectivity index (χ3v) is 1.61. The van der Waals surface area contributed by atoms with Gasteiger partial charge in [-0.1, -0.05) is 0 Å². The third-order valence-electron chi connectivity index (χ3n) is 1.61. The Bertz CT molecular complexity index is 121. The van der Waals surface area contributed by atoms with Gasteiger partial charge in [0.2, 0.25) is 5.91 Å². The summed E-state index contributed by atoms with van der Waals surface area (Å²) < 4.78 is 0. The van der Waals surface area contributed by atoms with Crippen LogP contribution in [0.5, 0.6) is 0 Å². The second-order valence-electron chi connectivity index (χ2n) is 2.80. The largest absolute Gasteiger partial charge is 0.370 e. The summed E-state index contributed by atoms with van der Waals surface area (Å²) in [4.78, 5) is 10.3. The normalized spacial score (nSPS) is 17.2. The van der Waals surface area contributed by atoms with Crippen LogP contribution in [-0.4, -0.2) is 18.5 Å². The first-order valence-corrected chi connectivity index (χ1v) is 3.81. The Morgan fingerprint density at radius 3 is 2.80 bits per heavy atom. The minimum Gasteiger partial charge on any atom is -0.370 e. The number of carbonyl (C=O) groups is 1. The third kappa shape index (κ3) is 3.45. The Labute approximate surface area is 61.0 Å². The van der Waals surface area contributed by atoms with Gasteiger partial charge in [-0.3, -0.25) is 4.79 Å². The zero-order valence-corrected chi connectivity index (χ0v) is 6.10. The van der Waals surface area contributed by atoms with Crippen LogP contribution in [0.25, 0.3) is 0 Å². The number of rotatable bonds is 5. The summed E-state index contributed by atoms with van der Waals surface area (Å²) in [6.45, 7) is 0.938. The van der Waals surface area contributed by atoms with Gasteiger partial charge in [-0.05, 0) is 25.8 Å². The molecule has 1 saturated carbocycles. The number of nitrogens with two attached hydrogens (primary N) is 1. The van der Waals surface area contributed by atoms with E-state index in [0.29, 0.717) is 6.42 Å². The molecular weight excluding hydrogens is 128 g/mol. The summed E-state index contributed by atoms with van der Waals surface area (Å²) in [6, 6.07) is 0.743. The highest BCUT2D eigenvalue weighted by Gasteiger charge is 2.19. The van der Waals surface area contributed by atoms with Crippen LogP contribution in [-0.2, 0) is 4.79 Å². The highest BCUT2D eigenvalue weighted by Crippen LogP contribution is 2.18. The fourth-order valence-electron chi connectivity index (χ4n) is 0.856. The fourth-order valence-corrected chi connectivity index (χ4v) is 0.856. The molecule has 58 valence electrons. The molecular formula is C7H14N2O. The van der Waals surface area contributed by atoms with Crippen LogP contribution in [0, 0.1) is 0 Å². The molecule has 1 aliphatic carbocycles. The summed E-state index contributed by atoms with van der Waals surface area (Å²) >= 11 is 0. The Hall–Kier alpha value is -0.570. The van der Waals surface area contributed by atoms with E-state index in [-0.39, 0.29) is 5.91 Å². The molecule has 1 fully saturated rings. The number of amides is 1. The van der Waals surface area contributed by atoms with E-state index in [0.717, 1.165) is 19.0 Å². The minimum atomic E-state index is -0.197. The van der Waals surface area contributed by atoms with Gasteiger partial charge < -0.3 is 11.1 Å². The summed E-state index contributed by atoms with van der Waals surface area (Å²) in [5.74, 6) is -0.197. The molecule has 0 spiro atoms. The smallest absolute Gasteiger partial charge is 0.217 e. The van der Waals surface area contributed by atoms with E-state index in [1.807, 2.05) is 0 Å². The van der Waals surface area contributed by atoms with Crippen molar-refractivity contribution < 1.29 is 4.79 Å². The van der Waals surface area contributed by atoms with E-state index in [4.69, 9.17) is 5.73 Å². The molecule has 1 amide bonds. The molecule has 3 nitrogen and oxygen atoms in total. The van der Waals surface area contributed by atoms with Crippen molar-refractivity contribution >= 4 is 5.91 Å². The van der Waals surface area contributed by atoms with Gasteiger partial charge in [0.05, 0.1) is 0 Å². The van der Waals surface area contributed by atoms with Crippen molar-refractivity contribution in [3.05, 3.63) is 0 Å². The van der Waals surface area contributed by atoms with E-state index in [2.05, 4.69) is 5.32 Å². The maximum absolute atomic E-state index is 10.3. The van der Waals surface area contributed by atoms with E-state index < -0.39 is 0 Å². The molecule has 0 bridgehead atoms. The molecule has 3 N–H and O–H groups in total. The molecule has 0 radical (unpaired) electrons. The maximum atomic E-state index is 10.3. The molecule has 0 heterocycles. The lowest BCUT2D eigenvalue weighted by Crippen LogP contribution is -2.19. The molecule has 0 aromatic carbocycles. The number of hydrogen-bond donors (Lipinski definition) is 2. The average Bonchev–Trinajstić information content (AvgIpc) is 2.62. The van der Waals surface area contributed by atoms with Crippen molar-refractivity contribution in [1.29, 1.82) is 0 Å². The van der Waals surface area contributed by atoms with E-state index >= 15 is 0 Å². The first-order chi connectivity index (χ1) is 4.79. The second-order valence-corrected chi connectivity index (χ2v) is 2.80. The lowest BCUT2D eigenvalue weighted by atomic mass is 10.3. The van der Waals surface area contributed by atoms with Crippen molar-refractivity contribution in [3.8, 4) is 0 Å². The zero-order valence-electron chi connectivity index (χ0n) is 6.10. The Morgan fingerprint density at radius 1 is 1.60 bits per heavy atom. The molecule has 1 aliphatic rings.